The van der Waals surface area contributed by atoms with Gasteiger partial charge in [-0.2, -0.15) is 0 Å². The molecule has 0 radical (unpaired) electrons. The van der Waals surface area contributed by atoms with Crippen LogP contribution in [-0.4, -0.2) is 75.4 Å². The molecule has 0 N–H and O–H groups in total. The van der Waals surface area contributed by atoms with Gasteiger partial charge in [-0.3, -0.25) is 4.52 Å². The fourth-order valence-corrected chi connectivity index (χ4v) is 5.52. The summed E-state index contributed by atoms with van der Waals surface area (Å²) in [6, 6.07) is 32.4. The molecular weight excluding hydrogens is 655 g/mol. The van der Waals surface area contributed by atoms with Gasteiger partial charge in [0.1, 0.15) is 12.7 Å². The molecule has 5 atom stereocenters. The topological polar surface area (TPSA) is 142 Å². The van der Waals surface area contributed by atoms with E-state index < -0.39 is 69.8 Å². The van der Waals surface area contributed by atoms with Crippen LogP contribution in [0.25, 0.3) is 0 Å². The average molecular weight is 689 g/mol. The normalized spacial score (nSPS) is 20.2. The third kappa shape index (κ3) is 9.35. The predicted molar refractivity (Wildman–Crippen MR) is 174 cm³/mol. The Hall–Kier alpha value is -4.97. The molecule has 0 aromatic heterocycles. The summed E-state index contributed by atoms with van der Waals surface area (Å²) in [5.41, 5.74) is 0.768. The van der Waals surface area contributed by atoms with Gasteiger partial charge >= 0.3 is 32.5 Å². The molecule has 0 bridgehead atoms. The number of carbonyl (C=O) groups excluding carboxylic acids is 4. The minimum absolute atomic E-state index is 0.163. The number of hydrogen-bond acceptors (Lipinski definition) is 12. The van der Waals surface area contributed by atoms with E-state index in [1.807, 2.05) is 0 Å². The van der Waals surface area contributed by atoms with Crippen molar-refractivity contribution >= 4 is 32.5 Å². The molecule has 1 saturated heterocycles. The van der Waals surface area contributed by atoms with Gasteiger partial charge < -0.3 is 32.7 Å². The lowest BCUT2D eigenvalue weighted by Gasteiger charge is -2.44. The Labute approximate surface area is 283 Å². The summed E-state index contributed by atoms with van der Waals surface area (Å²) in [6.45, 7) is -0.489. The molecule has 49 heavy (non-hydrogen) atoms. The zero-order valence-electron chi connectivity index (χ0n) is 26.5. The van der Waals surface area contributed by atoms with Crippen LogP contribution in [0, 0.1) is 0 Å². The third-order valence-electron chi connectivity index (χ3n) is 7.23. The largest absolute Gasteiger partial charge is 0.459 e. The molecular formula is C36H33O12P. The van der Waals surface area contributed by atoms with E-state index in [0.29, 0.717) is 0 Å². The van der Waals surface area contributed by atoms with Crippen molar-refractivity contribution in [3.05, 3.63) is 144 Å². The number of benzene rings is 4. The maximum atomic E-state index is 13.6. The molecule has 254 valence electrons. The van der Waals surface area contributed by atoms with Crippen LogP contribution >= 0.6 is 8.60 Å². The molecule has 5 rings (SSSR count). The second-order valence-corrected chi connectivity index (χ2v) is 11.8. The third-order valence-corrected chi connectivity index (χ3v) is 8.20. The molecule has 4 aromatic rings. The maximum Gasteiger partial charge on any atom is 0.338 e. The van der Waals surface area contributed by atoms with Crippen molar-refractivity contribution in [3.8, 4) is 0 Å². The molecule has 1 aliphatic rings. The molecule has 4 aromatic carbocycles. The Morgan fingerprint density at radius 1 is 0.531 bits per heavy atom. The summed E-state index contributed by atoms with van der Waals surface area (Å²) in [7, 11) is 0.581. The first-order valence-corrected chi connectivity index (χ1v) is 16.2. The van der Waals surface area contributed by atoms with Crippen LogP contribution in [0.5, 0.6) is 0 Å². The van der Waals surface area contributed by atoms with Crippen molar-refractivity contribution in [2.75, 3.05) is 20.8 Å². The van der Waals surface area contributed by atoms with Gasteiger partial charge in [-0.25, -0.2) is 19.2 Å². The summed E-state index contributed by atoms with van der Waals surface area (Å²) in [6.07, 6.45) is -7.44. The first-order valence-electron chi connectivity index (χ1n) is 15.1. The minimum atomic E-state index is -2.08. The molecule has 0 saturated carbocycles. The minimum Gasteiger partial charge on any atom is -0.459 e. The van der Waals surface area contributed by atoms with Crippen molar-refractivity contribution in [3.63, 3.8) is 0 Å². The van der Waals surface area contributed by atoms with Gasteiger partial charge in [-0.15, -0.1) is 0 Å². The van der Waals surface area contributed by atoms with Gasteiger partial charge in [-0.1, -0.05) is 72.8 Å². The van der Waals surface area contributed by atoms with Crippen LogP contribution in [0.4, 0.5) is 0 Å². The monoisotopic (exact) mass is 688 g/mol. The zero-order valence-corrected chi connectivity index (χ0v) is 27.4. The van der Waals surface area contributed by atoms with E-state index in [1.165, 1.54) is 50.6 Å². The Morgan fingerprint density at radius 2 is 0.898 bits per heavy atom. The van der Waals surface area contributed by atoms with Gasteiger partial charge in [0.15, 0.2) is 18.3 Å². The van der Waals surface area contributed by atoms with Crippen LogP contribution in [-0.2, 0) is 37.3 Å². The van der Waals surface area contributed by atoms with Crippen molar-refractivity contribution in [1.82, 2.24) is 0 Å². The van der Waals surface area contributed by atoms with Gasteiger partial charge in [-0.05, 0) is 48.5 Å². The van der Waals surface area contributed by atoms with Crippen LogP contribution in [0.3, 0.4) is 0 Å². The smallest absolute Gasteiger partial charge is 0.338 e. The van der Waals surface area contributed by atoms with E-state index >= 15 is 0 Å². The summed E-state index contributed by atoms with van der Waals surface area (Å²) in [5, 5.41) is 0. The highest BCUT2D eigenvalue weighted by atomic mass is 31.2. The lowest BCUT2D eigenvalue weighted by molar-refractivity contribution is -0.277. The Balaban J connectivity index is 1.56. The van der Waals surface area contributed by atoms with Gasteiger partial charge in [0, 0.05) is 14.2 Å². The van der Waals surface area contributed by atoms with Gasteiger partial charge in [0.2, 0.25) is 6.29 Å². The molecule has 12 nitrogen and oxygen atoms in total. The molecule has 0 spiro atoms. The molecule has 1 heterocycles. The number of ether oxygens (including phenoxy) is 5. The van der Waals surface area contributed by atoms with Crippen LogP contribution in [0.1, 0.15) is 41.4 Å². The molecule has 1 fully saturated rings. The lowest BCUT2D eigenvalue weighted by atomic mass is 9.97. The van der Waals surface area contributed by atoms with E-state index in [4.69, 9.17) is 37.3 Å². The summed E-state index contributed by atoms with van der Waals surface area (Å²) < 4.78 is 46.3. The highest BCUT2D eigenvalue weighted by Gasteiger charge is 2.54. The Bertz CT molecular complexity index is 1670. The summed E-state index contributed by atoms with van der Waals surface area (Å²) in [5.74, 6) is -3.14. The van der Waals surface area contributed by atoms with Crippen LogP contribution in [0.2, 0.25) is 0 Å². The molecule has 1 aliphatic heterocycles. The average Bonchev–Trinajstić information content (AvgIpc) is 3.16. The van der Waals surface area contributed by atoms with E-state index in [9.17, 15) is 19.2 Å². The first-order chi connectivity index (χ1) is 23.9. The summed E-state index contributed by atoms with van der Waals surface area (Å²) in [4.78, 5) is 53.6. The van der Waals surface area contributed by atoms with Crippen LogP contribution < -0.4 is 0 Å². The number of esters is 4. The SMILES string of the molecule is COP(OC)O[C@@H]1O[C@H](COC(=O)c2ccccc2)[C@H](OC(=O)c2ccccc2)[C@H](OC(=O)c2ccccc2)[C@H]1OC(=O)c1ccccc1. The number of hydrogen-bond donors (Lipinski definition) is 0. The Kier molecular flexibility index (Phi) is 12.6. The van der Waals surface area contributed by atoms with Crippen molar-refractivity contribution in [2.24, 2.45) is 0 Å². The molecule has 13 heteroatoms. The van der Waals surface area contributed by atoms with E-state index in [0.717, 1.165) is 0 Å². The lowest BCUT2D eigenvalue weighted by Crippen LogP contribution is -2.63. The van der Waals surface area contributed by atoms with Crippen molar-refractivity contribution < 1.29 is 56.4 Å². The second-order valence-electron chi connectivity index (χ2n) is 10.4. The first kappa shape index (κ1) is 35.3. The van der Waals surface area contributed by atoms with E-state index in [1.54, 1.807) is 84.9 Å². The quantitative estimate of drug-likeness (QED) is 0.0955. The number of carbonyl (C=O) groups is 4. The van der Waals surface area contributed by atoms with Crippen LogP contribution in [0.15, 0.2) is 121 Å². The van der Waals surface area contributed by atoms with E-state index in [-0.39, 0.29) is 22.3 Å². The standard InChI is InChI=1S/C36H33O12P/c1-41-49(42-2)48-36-31(47-35(40)27-21-13-6-14-22-27)30(46-34(39)26-19-11-5-12-20-26)29(45-33(38)25-17-9-4-10-18-25)28(44-36)23-43-32(37)24-15-7-3-8-16-24/h3-22,28-31,36H,23H2,1-2H3/t28-,29+,30+,31-,36+/m1/s1. The fourth-order valence-electron chi connectivity index (χ4n) is 4.86. The van der Waals surface area contributed by atoms with Crippen molar-refractivity contribution in [1.29, 1.82) is 0 Å². The van der Waals surface area contributed by atoms with Crippen molar-refractivity contribution in [2.45, 2.75) is 30.7 Å². The van der Waals surface area contributed by atoms with Gasteiger partial charge in [0.05, 0.1) is 22.3 Å². The molecule has 0 amide bonds. The van der Waals surface area contributed by atoms with Gasteiger partial charge in [0.25, 0.3) is 0 Å². The summed E-state index contributed by atoms with van der Waals surface area (Å²) >= 11 is 0. The predicted octanol–water partition coefficient (Wildman–Crippen LogP) is 5.78. The second kappa shape index (κ2) is 17.4. The zero-order chi connectivity index (χ0) is 34.6. The fraction of sp³-hybridized carbons (Fsp3) is 0.222. The highest BCUT2D eigenvalue weighted by Crippen LogP contribution is 2.43. The van der Waals surface area contributed by atoms with E-state index in [2.05, 4.69) is 0 Å². The molecule has 0 unspecified atom stereocenters. The number of rotatable bonds is 13. The highest BCUT2D eigenvalue weighted by molar-refractivity contribution is 7.41. The molecule has 0 aliphatic carbocycles. The Morgan fingerprint density at radius 3 is 1.31 bits per heavy atom. The maximum absolute atomic E-state index is 13.6.